The summed E-state index contributed by atoms with van der Waals surface area (Å²) in [6.45, 7) is 1.25. The molecule has 1 heterocycles. The van der Waals surface area contributed by atoms with E-state index in [0.717, 1.165) is 18.4 Å². The molecule has 0 saturated heterocycles. The summed E-state index contributed by atoms with van der Waals surface area (Å²) < 4.78 is 15.9. The zero-order valence-corrected chi connectivity index (χ0v) is 11.9. The van der Waals surface area contributed by atoms with Crippen LogP contribution >= 0.6 is 0 Å². The van der Waals surface area contributed by atoms with Crippen molar-refractivity contribution in [1.82, 2.24) is 4.57 Å². The summed E-state index contributed by atoms with van der Waals surface area (Å²) in [5.74, 6) is -0.154. The lowest BCUT2D eigenvalue weighted by atomic mass is 10.1. The molecule has 3 rings (SSSR count). The summed E-state index contributed by atoms with van der Waals surface area (Å²) in [4.78, 5) is 0. The lowest BCUT2D eigenvalue weighted by Gasteiger charge is -2.08. The monoisotopic (exact) mass is 282 g/mol. The molecular weight excluding hydrogens is 263 g/mol. The summed E-state index contributed by atoms with van der Waals surface area (Å²) in [5.41, 5.74) is 8.71. The Hall–Kier alpha value is -2.13. The SMILES string of the molecule is NCCCc1ccc2ccn(Cc3ccccc3F)c2c1. The Morgan fingerprint density at radius 1 is 1.05 bits per heavy atom. The van der Waals surface area contributed by atoms with E-state index in [1.54, 1.807) is 6.07 Å². The van der Waals surface area contributed by atoms with Gasteiger partial charge < -0.3 is 10.3 Å². The van der Waals surface area contributed by atoms with E-state index in [2.05, 4.69) is 28.8 Å². The van der Waals surface area contributed by atoms with Crippen LogP contribution in [-0.2, 0) is 13.0 Å². The number of benzene rings is 2. The molecule has 0 unspecified atom stereocenters. The van der Waals surface area contributed by atoms with E-state index in [9.17, 15) is 4.39 Å². The number of nitrogens with two attached hydrogens (primary N) is 1. The van der Waals surface area contributed by atoms with Gasteiger partial charge in [-0.15, -0.1) is 0 Å². The van der Waals surface area contributed by atoms with E-state index in [1.165, 1.54) is 17.0 Å². The molecule has 2 aromatic carbocycles. The molecule has 0 spiro atoms. The minimum absolute atomic E-state index is 0.154. The van der Waals surface area contributed by atoms with Crippen LogP contribution in [0, 0.1) is 5.82 Å². The first-order valence-corrected chi connectivity index (χ1v) is 7.29. The predicted molar refractivity (Wildman–Crippen MR) is 84.8 cm³/mol. The van der Waals surface area contributed by atoms with Crippen LogP contribution in [-0.4, -0.2) is 11.1 Å². The molecule has 2 N–H and O–H groups in total. The number of fused-ring (bicyclic) bond motifs is 1. The van der Waals surface area contributed by atoms with Crippen molar-refractivity contribution in [3.63, 3.8) is 0 Å². The number of aryl methyl sites for hydroxylation is 1. The highest BCUT2D eigenvalue weighted by Gasteiger charge is 2.06. The van der Waals surface area contributed by atoms with Gasteiger partial charge in [-0.1, -0.05) is 30.3 Å². The molecule has 0 aliphatic heterocycles. The van der Waals surface area contributed by atoms with Crippen LogP contribution in [0.3, 0.4) is 0 Å². The van der Waals surface area contributed by atoms with Gasteiger partial charge in [-0.3, -0.25) is 0 Å². The molecule has 2 nitrogen and oxygen atoms in total. The van der Waals surface area contributed by atoms with Crippen LogP contribution in [0.2, 0.25) is 0 Å². The Morgan fingerprint density at radius 3 is 2.71 bits per heavy atom. The molecule has 0 saturated carbocycles. The molecule has 3 heteroatoms. The number of hydrogen-bond acceptors (Lipinski definition) is 1. The van der Waals surface area contributed by atoms with Crippen LogP contribution in [0.15, 0.2) is 54.7 Å². The zero-order chi connectivity index (χ0) is 14.7. The van der Waals surface area contributed by atoms with Crippen LogP contribution < -0.4 is 5.73 Å². The van der Waals surface area contributed by atoms with Gasteiger partial charge in [-0.25, -0.2) is 4.39 Å². The van der Waals surface area contributed by atoms with Crippen molar-refractivity contribution in [1.29, 1.82) is 0 Å². The Kier molecular flexibility index (Phi) is 4.02. The number of rotatable bonds is 5. The number of aromatic nitrogens is 1. The van der Waals surface area contributed by atoms with Gasteiger partial charge in [0.15, 0.2) is 0 Å². The summed E-state index contributed by atoms with van der Waals surface area (Å²) in [6.07, 6.45) is 3.99. The second kappa shape index (κ2) is 6.10. The van der Waals surface area contributed by atoms with E-state index in [0.29, 0.717) is 18.7 Å². The van der Waals surface area contributed by atoms with Crippen LogP contribution in [0.25, 0.3) is 10.9 Å². The standard InChI is InChI=1S/C18H19FN2/c19-17-6-2-1-5-16(17)13-21-11-9-15-8-7-14(4-3-10-20)12-18(15)21/h1-2,5-9,11-12H,3-4,10,13,20H2. The molecule has 21 heavy (non-hydrogen) atoms. The lowest BCUT2D eigenvalue weighted by molar-refractivity contribution is 0.602. The summed E-state index contributed by atoms with van der Waals surface area (Å²) in [6, 6.07) is 15.5. The number of hydrogen-bond donors (Lipinski definition) is 1. The average molecular weight is 282 g/mol. The number of halogens is 1. The largest absolute Gasteiger partial charge is 0.343 e. The molecule has 3 aromatic rings. The predicted octanol–water partition coefficient (Wildman–Crippen LogP) is 3.72. The first-order valence-electron chi connectivity index (χ1n) is 7.29. The lowest BCUT2D eigenvalue weighted by Crippen LogP contribution is -2.02. The van der Waals surface area contributed by atoms with Crippen molar-refractivity contribution in [2.75, 3.05) is 6.54 Å². The van der Waals surface area contributed by atoms with Gasteiger partial charge in [-0.05, 0) is 48.5 Å². The molecule has 0 fully saturated rings. The fraction of sp³-hybridized carbons (Fsp3) is 0.222. The van der Waals surface area contributed by atoms with Crippen molar-refractivity contribution in [3.05, 3.63) is 71.7 Å². The first kappa shape index (κ1) is 13.8. The molecule has 0 amide bonds. The van der Waals surface area contributed by atoms with Gasteiger partial charge >= 0.3 is 0 Å². The topological polar surface area (TPSA) is 30.9 Å². The van der Waals surface area contributed by atoms with Crippen molar-refractivity contribution in [2.45, 2.75) is 19.4 Å². The van der Waals surface area contributed by atoms with Gasteiger partial charge in [0.1, 0.15) is 5.82 Å². The second-order valence-corrected chi connectivity index (χ2v) is 5.32. The maximum atomic E-state index is 13.8. The third-order valence-corrected chi connectivity index (χ3v) is 3.81. The maximum absolute atomic E-state index is 13.8. The second-order valence-electron chi connectivity index (χ2n) is 5.32. The molecule has 0 bridgehead atoms. The summed E-state index contributed by atoms with van der Waals surface area (Å²) in [7, 11) is 0. The minimum atomic E-state index is -0.154. The van der Waals surface area contributed by atoms with Gasteiger partial charge in [-0.2, -0.15) is 0 Å². The van der Waals surface area contributed by atoms with Crippen LogP contribution in [0.5, 0.6) is 0 Å². The van der Waals surface area contributed by atoms with Crippen LogP contribution in [0.4, 0.5) is 4.39 Å². The summed E-state index contributed by atoms with van der Waals surface area (Å²) >= 11 is 0. The Labute approximate surface area is 124 Å². The van der Waals surface area contributed by atoms with E-state index in [4.69, 9.17) is 5.73 Å². The molecule has 1 aromatic heterocycles. The van der Waals surface area contributed by atoms with Gasteiger partial charge in [0.2, 0.25) is 0 Å². The number of nitrogens with zero attached hydrogens (tertiary/aromatic N) is 1. The molecule has 0 atom stereocenters. The first-order chi connectivity index (χ1) is 10.3. The highest BCUT2D eigenvalue weighted by Crippen LogP contribution is 2.20. The van der Waals surface area contributed by atoms with E-state index >= 15 is 0 Å². The zero-order valence-electron chi connectivity index (χ0n) is 11.9. The fourth-order valence-electron chi connectivity index (χ4n) is 2.64. The third kappa shape index (κ3) is 2.98. The van der Waals surface area contributed by atoms with Crippen molar-refractivity contribution in [3.8, 4) is 0 Å². The van der Waals surface area contributed by atoms with E-state index in [-0.39, 0.29) is 5.82 Å². The van der Waals surface area contributed by atoms with Crippen molar-refractivity contribution in [2.24, 2.45) is 5.73 Å². The fourth-order valence-corrected chi connectivity index (χ4v) is 2.64. The van der Waals surface area contributed by atoms with Gasteiger partial charge in [0.25, 0.3) is 0 Å². The summed E-state index contributed by atoms with van der Waals surface area (Å²) in [5, 5.41) is 1.18. The highest BCUT2D eigenvalue weighted by molar-refractivity contribution is 5.81. The minimum Gasteiger partial charge on any atom is -0.343 e. The average Bonchev–Trinajstić information content (AvgIpc) is 2.90. The normalized spacial score (nSPS) is 11.1. The molecular formula is C18H19FN2. The Balaban J connectivity index is 1.93. The smallest absolute Gasteiger partial charge is 0.128 e. The maximum Gasteiger partial charge on any atom is 0.128 e. The molecule has 0 aliphatic rings. The van der Waals surface area contributed by atoms with Crippen LogP contribution in [0.1, 0.15) is 17.5 Å². The van der Waals surface area contributed by atoms with Crippen molar-refractivity contribution < 1.29 is 4.39 Å². The highest BCUT2D eigenvalue weighted by atomic mass is 19.1. The quantitative estimate of drug-likeness (QED) is 0.759. The van der Waals surface area contributed by atoms with Crippen molar-refractivity contribution >= 4 is 10.9 Å². The molecule has 0 aliphatic carbocycles. The Morgan fingerprint density at radius 2 is 1.90 bits per heavy atom. The third-order valence-electron chi connectivity index (χ3n) is 3.81. The van der Waals surface area contributed by atoms with E-state index < -0.39 is 0 Å². The molecule has 0 radical (unpaired) electrons. The van der Waals surface area contributed by atoms with E-state index in [1.807, 2.05) is 18.3 Å². The van der Waals surface area contributed by atoms with Gasteiger partial charge in [0.05, 0.1) is 6.54 Å². The Bertz CT molecular complexity index is 746. The molecule has 108 valence electrons. The van der Waals surface area contributed by atoms with Gasteiger partial charge in [0, 0.05) is 17.3 Å².